The van der Waals surface area contributed by atoms with Gasteiger partial charge in [-0.05, 0) is 44.2 Å². The molecule has 0 bridgehead atoms. The monoisotopic (exact) mass is 163 g/mol. The zero-order valence-electron chi connectivity index (χ0n) is 8.01. The summed E-state index contributed by atoms with van der Waals surface area (Å²) in [5, 5.41) is 0. The van der Waals surface area contributed by atoms with Gasteiger partial charge in [-0.25, -0.2) is 0 Å². The van der Waals surface area contributed by atoms with E-state index in [2.05, 4.69) is 30.5 Å². The van der Waals surface area contributed by atoms with Gasteiger partial charge in [0.25, 0.3) is 0 Å². The second kappa shape index (κ2) is 2.96. The topological polar surface area (TPSA) is 4.93 Å². The van der Waals surface area contributed by atoms with Gasteiger partial charge < -0.3 is 4.57 Å². The van der Waals surface area contributed by atoms with Crippen LogP contribution in [0.4, 0.5) is 0 Å². The van der Waals surface area contributed by atoms with Crippen LogP contribution in [-0.2, 0) is 6.54 Å². The lowest BCUT2D eigenvalue weighted by Crippen LogP contribution is -2.02. The average molecular weight is 163 g/mol. The molecule has 66 valence electrons. The first-order valence-electron chi connectivity index (χ1n) is 4.99. The van der Waals surface area contributed by atoms with Crippen LogP contribution in [0.2, 0.25) is 0 Å². The van der Waals surface area contributed by atoms with Crippen molar-refractivity contribution in [1.29, 1.82) is 0 Å². The highest BCUT2D eigenvalue weighted by atomic mass is 15.0. The summed E-state index contributed by atoms with van der Waals surface area (Å²) in [7, 11) is 0. The molecule has 1 nitrogen and oxygen atoms in total. The molecule has 1 heteroatoms. The van der Waals surface area contributed by atoms with Crippen LogP contribution in [0.25, 0.3) is 0 Å². The maximum atomic E-state index is 2.48. The van der Waals surface area contributed by atoms with Crippen molar-refractivity contribution in [3.05, 3.63) is 23.5 Å². The molecule has 0 unspecified atom stereocenters. The number of nitrogens with zero attached hydrogens (tertiary/aromatic N) is 1. The molecule has 1 aliphatic carbocycles. The molecule has 0 saturated heterocycles. The molecule has 0 atom stereocenters. The highest BCUT2D eigenvalue weighted by molar-refractivity contribution is 5.22. The van der Waals surface area contributed by atoms with Crippen LogP contribution in [0.3, 0.4) is 0 Å². The Kier molecular flexibility index (Phi) is 1.95. The molecule has 0 aromatic carbocycles. The van der Waals surface area contributed by atoms with Gasteiger partial charge in [-0.1, -0.05) is 6.92 Å². The smallest absolute Gasteiger partial charge is 0.0222 e. The van der Waals surface area contributed by atoms with Crippen LogP contribution in [-0.4, -0.2) is 4.57 Å². The fourth-order valence-corrected chi connectivity index (χ4v) is 1.85. The van der Waals surface area contributed by atoms with E-state index in [1.165, 1.54) is 31.5 Å². The molecule has 2 rings (SSSR count). The standard InChI is InChI=1S/C11H17N/c1-3-8-12-9(2)4-7-11(12)10-5-6-10/h4,7,10H,3,5-6,8H2,1-2H3. The van der Waals surface area contributed by atoms with Crippen molar-refractivity contribution in [1.82, 2.24) is 4.57 Å². The van der Waals surface area contributed by atoms with E-state index < -0.39 is 0 Å². The summed E-state index contributed by atoms with van der Waals surface area (Å²) in [6.45, 7) is 5.66. The number of aryl methyl sites for hydroxylation is 1. The lowest BCUT2D eigenvalue weighted by Gasteiger charge is -2.08. The van der Waals surface area contributed by atoms with Gasteiger partial charge in [0, 0.05) is 17.9 Å². The fourth-order valence-electron chi connectivity index (χ4n) is 1.85. The summed E-state index contributed by atoms with van der Waals surface area (Å²) in [4.78, 5) is 0. The van der Waals surface area contributed by atoms with E-state index in [1.807, 2.05) is 0 Å². The lowest BCUT2D eigenvalue weighted by atomic mass is 10.3. The maximum absolute atomic E-state index is 2.48. The highest BCUT2D eigenvalue weighted by Gasteiger charge is 2.26. The molecule has 1 fully saturated rings. The normalized spacial score (nSPS) is 16.8. The Hall–Kier alpha value is -0.720. The minimum Gasteiger partial charge on any atom is -0.349 e. The van der Waals surface area contributed by atoms with Gasteiger partial charge in [0.2, 0.25) is 0 Å². The van der Waals surface area contributed by atoms with E-state index >= 15 is 0 Å². The van der Waals surface area contributed by atoms with Crippen molar-refractivity contribution in [2.24, 2.45) is 0 Å². The molecule has 0 spiro atoms. The van der Waals surface area contributed by atoms with Crippen LogP contribution in [0.5, 0.6) is 0 Å². The van der Waals surface area contributed by atoms with Crippen molar-refractivity contribution in [2.75, 3.05) is 0 Å². The Morgan fingerprint density at radius 1 is 1.42 bits per heavy atom. The molecule has 1 aromatic rings. The first-order valence-corrected chi connectivity index (χ1v) is 4.99. The van der Waals surface area contributed by atoms with Crippen molar-refractivity contribution in [3.63, 3.8) is 0 Å². The first-order chi connectivity index (χ1) is 5.83. The van der Waals surface area contributed by atoms with Gasteiger partial charge in [0.05, 0.1) is 0 Å². The Labute approximate surface area is 74.4 Å². The Morgan fingerprint density at radius 2 is 2.17 bits per heavy atom. The van der Waals surface area contributed by atoms with Gasteiger partial charge in [-0.15, -0.1) is 0 Å². The van der Waals surface area contributed by atoms with Gasteiger partial charge in [0.1, 0.15) is 0 Å². The van der Waals surface area contributed by atoms with Crippen LogP contribution in [0, 0.1) is 6.92 Å². The minimum absolute atomic E-state index is 0.894. The third-order valence-electron chi connectivity index (χ3n) is 2.68. The summed E-state index contributed by atoms with van der Waals surface area (Å²) in [5.41, 5.74) is 3.01. The Balaban J connectivity index is 2.26. The summed E-state index contributed by atoms with van der Waals surface area (Å²) in [5.74, 6) is 0.894. The molecular weight excluding hydrogens is 146 g/mol. The van der Waals surface area contributed by atoms with E-state index in [9.17, 15) is 0 Å². The van der Waals surface area contributed by atoms with Crippen LogP contribution in [0.1, 0.15) is 43.5 Å². The van der Waals surface area contributed by atoms with Gasteiger partial charge in [-0.3, -0.25) is 0 Å². The van der Waals surface area contributed by atoms with Crippen molar-refractivity contribution < 1.29 is 0 Å². The van der Waals surface area contributed by atoms with E-state index in [-0.39, 0.29) is 0 Å². The van der Waals surface area contributed by atoms with E-state index in [4.69, 9.17) is 0 Å². The molecule has 0 radical (unpaired) electrons. The fraction of sp³-hybridized carbons (Fsp3) is 0.636. The third-order valence-corrected chi connectivity index (χ3v) is 2.68. The molecule has 1 aliphatic rings. The van der Waals surface area contributed by atoms with E-state index in [0.29, 0.717) is 0 Å². The molecule has 0 amide bonds. The molecule has 1 saturated carbocycles. The predicted molar refractivity (Wildman–Crippen MR) is 51.4 cm³/mol. The molecular formula is C11H17N. The maximum Gasteiger partial charge on any atom is 0.0222 e. The lowest BCUT2D eigenvalue weighted by molar-refractivity contribution is 0.634. The number of rotatable bonds is 3. The summed E-state index contributed by atoms with van der Waals surface area (Å²) >= 11 is 0. The van der Waals surface area contributed by atoms with Crippen LogP contribution < -0.4 is 0 Å². The predicted octanol–water partition coefficient (Wildman–Crippen LogP) is 3.08. The minimum atomic E-state index is 0.894. The molecule has 1 heterocycles. The molecule has 12 heavy (non-hydrogen) atoms. The van der Waals surface area contributed by atoms with Crippen LogP contribution >= 0.6 is 0 Å². The van der Waals surface area contributed by atoms with Gasteiger partial charge >= 0.3 is 0 Å². The zero-order valence-corrected chi connectivity index (χ0v) is 8.01. The van der Waals surface area contributed by atoms with Crippen LogP contribution in [0.15, 0.2) is 12.1 Å². The largest absolute Gasteiger partial charge is 0.349 e. The summed E-state index contributed by atoms with van der Waals surface area (Å²) in [6.07, 6.45) is 4.07. The molecule has 1 aromatic heterocycles. The average Bonchev–Trinajstić information content (AvgIpc) is 2.82. The third kappa shape index (κ3) is 1.28. The van der Waals surface area contributed by atoms with Crippen molar-refractivity contribution in [3.8, 4) is 0 Å². The summed E-state index contributed by atoms with van der Waals surface area (Å²) in [6, 6.07) is 4.56. The zero-order chi connectivity index (χ0) is 8.55. The SMILES string of the molecule is CCCn1c(C)ccc1C1CC1. The van der Waals surface area contributed by atoms with Crippen molar-refractivity contribution in [2.45, 2.75) is 45.6 Å². The highest BCUT2D eigenvalue weighted by Crippen LogP contribution is 2.40. The number of hydrogen-bond donors (Lipinski definition) is 0. The quantitative estimate of drug-likeness (QED) is 0.645. The Morgan fingerprint density at radius 3 is 2.75 bits per heavy atom. The van der Waals surface area contributed by atoms with E-state index in [1.54, 1.807) is 5.69 Å². The molecule has 0 aliphatic heterocycles. The van der Waals surface area contributed by atoms with Gasteiger partial charge in [0.15, 0.2) is 0 Å². The molecule has 0 N–H and O–H groups in total. The number of hydrogen-bond acceptors (Lipinski definition) is 0. The second-order valence-electron chi connectivity index (χ2n) is 3.83. The van der Waals surface area contributed by atoms with Gasteiger partial charge in [-0.2, -0.15) is 0 Å². The summed E-state index contributed by atoms with van der Waals surface area (Å²) < 4.78 is 2.48. The number of aromatic nitrogens is 1. The van der Waals surface area contributed by atoms with E-state index in [0.717, 1.165) is 5.92 Å². The first kappa shape index (κ1) is 7.90. The Bertz CT molecular complexity index is 269. The van der Waals surface area contributed by atoms with Crippen molar-refractivity contribution >= 4 is 0 Å². The second-order valence-corrected chi connectivity index (χ2v) is 3.83.